The highest BCUT2D eigenvalue weighted by Crippen LogP contribution is 2.13. The van der Waals surface area contributed by atoms with Gasteiger partial charge in [-0.15, -0.1) is 0 Å². The van der Waals surface area contributed by atoms with Crippen molar-refractivity contribution in [2.75, 3.05) is 0 Å². The molecule has 0 spiro atoms. The summed E-state index contributed by atoms with van der Waals surface area (Å²) in [7, 11) is 0. The van der Waals surface area contributed by atoms with Crippen molar-refractivity contribution >= 4 is 0 Å². The van der Waals surface area contributed by atoms with Crippen LogP contribution in [0, 0.1) is 0 Å². The number of hydrogen-bond acceptors (Lipinski definition) is 0. The number of unbranched alkanes of at least 4 members (excludes halogenated alkanes) is 10. The Kier molecular flexibility index (Phi) is 12.5. The maximum Gasteiger partial charge on any atom is 0.0928 e. The highest BCUT2D eigenvalue weighted by molar-refractivity contribution is 4.78. The van der Waals surface area contributed by atoms with Crippen molar-refractivity contribution in [1.29, 1.82) is 0 Å². The predicted molar refractivity (Wildman–Crippen MR) is 71.3 cm³/mol. The molecule has 0 bridgehead atoms. The molecule has 16 heavy (non-hydrogen) atoms. The average molecular weight is 228 g/mol. The lowest BCUT2D eigenvalue weighted by molar-refractivity contribution is 0.528. The molecular formula is C15H29F. The van der Waals surface area contributed by atoms with Crippen molar-refractivity contribution in [3.63, 3.8) is 0 Å². The molecule has 96 valence electrons. The highest BCUT2D eigenvalue weighted by atomic mass is 19.1. The summed E-state index contributed by atoms with van der Waals surface area (Å²) in [5.41, 5.74) is 0. The van der Waals surface area contributed by atoms with E-state index in [-0.39, 0.29) is 5.83 Å². The third kappa shape index (κ3) is 13.7. The Balaban J connectivity index is 2.90. The lowest BCUT2D eigenvalue weighted by atomic mass is 10.1. The second-order valence-corrected chi connectivity index (χ2v) is 4.80. The summed E-state index contributed by atoms with van der Waals surface area (Å²) in [5, 5.41) is 0. The minimum absolute atomic E-state index is 0.157. The first-order valence-electron chi connectivity index (χ1n) is 7.10. The fourth-order valence-corrected chi connectivity index (χ4v) is 1.98. The van der Waals surface area contributed by atoms with Gasteiger partial charge in [0.05, 0.1) is 5.83 Å². The molecule has 0 unspecified atom stereocenters. The summed E-state index contributed by atoms with van der Waals surface area (Å²) in [5.74, 6) is -0.157. The SMILES string of the molecule is C=C(F)CCCCCCCCCCCCC. The van der Waals surface area contributed by atoms with Crippen LogP contribution in [0.1, 0.15) is 84.0 Å². The van der Waals surface area contributed by atoms with Gasteiger partial charge < -0.3 is 0 Å². The van der Waals surface area contributed by atoms with Crippen LogP contribution in [0.2, 0.25) is 0 Å². The van der Waals surface area contributed by atoms with Gasteiger partial charge in [0.2, 0.25) is 0 Å². The molecular weight excluding hydrogens is 199 g/mol. The van der Waals surface area contributed by atoms with Crippen molar-refractivity contribution in [2.45, 2.75) is 84.0 Å². The number of allylic oxidation sites excluding steroid dienone is 1. The van der Waals surface area contributed by atoms with Crippen LogP contribution in [0.3, 0.4) is 0 Å². The predicted octanol–water partition coefficient (Wildman–Crippen LogP) is 6.17. The van der Waals surface area contributed by atoms with Crippen LogP contribution >= 0.6 is 0 Å². The van der Waals surface area contributed by atoms with Gasteiger partial charge in [-0.25, -0.2) is 4.39 Å². The standard InChI is InChI=1S/C15H29F/c1-3-4-5-6-7-8-9-10-11-12-13-14-15(2)16/h2-14H2,1H3. The third-order valence-electron chi connectivity index (χ3n) is 3.05. The van der Waals surface area contributed by atoms with Gasteiger partial charge in [0, 0.05) is 0 Å². The minimum atomic E-state index is -0.157. The topological polar surface area (TPSA) is 0 Å². The maximum absolute atomic E-state index is 12.3. The lowest BCUT2D eigenvalue weighted by Crippen LogP contribution is -1.82. The first-order valence-corrected chi connectivity index (χ1v) is 7.10. The Labute approximate surface area is 101 Å². The molecule has 0 aliphatic rings. The van der Waals surface area contributed by atoms with Gasteiger partial charge in [-0.1, -0.05) is 77.7 Å². The smallest absolute Gasteiger partial charge is 0.0928 e. The molecule has 0 aliphatic carbocycles. The quantitative estimate of drug-likeness (QED) is 0.350. The van der Waals surface area contributed by atoms with E-state index in [0.29, 0.717) is 6.42 Å². The van der Waals surface area contributed by atoms with Crippen LogP contribution in [-0.4, -0.2) is 0 Å². The van der Waals surface area contributed by atoms with Gasteiger partial charge in [0.15, 0.2) is 0 Å². The summed E-state index contributed by atoms with van der Waals surface area (Å²) < 4.78 is 12.3. The molecule has 0 N–H and O–H groups in total. The molecule has 0 radical (unpaired) electrons. The molecule has 0 atom stereocenters. The first kappa shape index (κ1) is 15.7. The van der Waals surface area contributed by atoms with E-state index < -0.39 is 0 Å². The zero-order chi connectivity index (χ0) is 12.1. The van der Waals surface area contributed by atoms with Crippen molar-refractivity contribution in [1.82, 2.24) is 0 Å². The van der Waals surface area contributed by atoms with E-state index in [9.17, 15) is 4.39 Å². The van der Waals surface area contributed by atoms with Gasteiger partial charge in [0.25, 0.3) is 0 Å². The Morgan fingerprint density at radius 3 is 1.50 bits per heavy atom. The number of rotatable bonds is 12. The van der Waals surface area contributed by atoms with E-state index in [1.807, 2.05) is 0 Å². The second kappa shape index (κ2) is 12.7. The molecule has 0 saturated heterocycles. The Morgan fingerprint density at radius 1 is 0.750 bits per heavy atom. The highest BCUT2D eigenvalue weighted by Gasteiger charge is 1.94. The van der Waals surface area contributed by atoms with Crippen LogP contribution in [0.4, 0.5) is 4.39 Å². The molecule has 0 saturated carbocycles. The van der Waals surface area contributed by atoms with Gasteiger partial charge >= 0.3 is 0 Å². The number of halogens is 1. The first-order chi connectivity index (χ1) is 7.77. The summed E-state index contributed by atoms with van der Waals surface area (Å²) in [6.45, 7) is 5.53. The van der Waals surface area contributed by atoms with E-state index in [1.165, 1.54) is 64.2 Å². The largest absolute Gasteiger partial charge is 0.212 e. The Bertz CT molecular complexity index is 152. The molecule has 0 aromatic heterocycles. The summed E-state index contributed by atoms with van der Waals surface area (Å²) in [6, 6.07) is 0. The van der Waals surface area contributed by atoms with Gasteiger partial charge in [-0.2, -0.15) is 0 Å². The van der Waals surface area contributed by atoms with Gasteiger partial charge in [0.1, 0.15) is 0 Å². The second-order valence-electron chi connectivity index (χ2n) is 4.80. The fraction of sp³-hybridized carbons (Fsp3) is 0.867. The molecule has 0 aliphatic heterocycles. The third-order valence-corrected chi connectivity index (χ3v) is 3.05. The summed E-state index contributed by atoms with van der Waals surface area (Å²) in [6.07, 6.45) is 15.0. The summed E-state index contributed by atoms with van der Waals surface area (Å²) >= 11 is 0. The van der Waals surface area contributed by atoms with Crippen molar-refractivity contribution < 1.29 is 4.39 Å². The minimum Gasteiger partial charge on any atom is -0.212 e. The molecule has 0 rings (SSSR count). The maximum atomic E-state index is 12.3. The summed E-state index contributed by atoms with van der Waals surface area (Å²) in [4.78, 5) is 0. The molecule has 0 aromatic rings. The van der Waals surface area contributed by atoms with Crippen LogP contribution in [0.15, 0.2) is 12.4 Å². The van der Waals surface area contributed by atoms with Crippen LogP contribution in [0.25, 0.3) is 0 Å². The zero-order valence-corrected chi connectivity index (χ0v) is 11.1. The van der Waals surface area contributed by atoms with Crippen molar-refractivity contribution in [3.8, 4) is 0 Å². The van der Waals surface area contributed by atoms with E-state index >= 15 is 0 Å². The van der Waals surface area contributed by atoms with Crippen LogP contribution < -0.4 is 0 Å². The van der Waals surface area contributed by atoms with Crippen LogP contribution in [-0.2, 0) is 0 Å². The van der Waals surface area contributed by atoms with E-state index in [4.69, 9.17) is 0 Å². The average Bonchev–Trinajstić information content (AvgIpc) is 2.25. The van der Waals surface area contributed by atoms with Gasteiger partial charge in [-0.3, -0.25) is 0 Å². The van der Waals surface area contributed by atoms with E-state index in [0.717, 1.165) is 6.42 Å². The molecule has 1 heteroatoms. The fourth-order valence-electron chi connectivity index (χ4n) is 1.98. The lowest BCUT2D eigenvalue weighted by Gasteiger charge is -2.01. The number of hydrogen-bond donors (Lipinski definition) is 0. The Morgan fingerprint density at radius 2 is 1.12 bits per heavy atom. The van der Waals surface area contributed by atoms with Crippen molar-refractivity contribution in [2.24, 2.45) is 0 Å². The van der Waals surface area contributed by atoms with E-state index in [1.54, 1.807) is 0 Å². The van der Waals surface area contributed by atoms with Gasteiger partial charge in [-0.05, 0) is 12.8 Å². The zero-order valence-electron chi connectivity index (χ0n) is 11.1. The monoisotopic (exact) mass is 228 g/mol. The normalized spacial score (nSPS) is 10.6. The van der Waals surface area contributed by atoms with Crippen molar-refractivity contribution in [3.05, 3.63) is 12.4 Å². The van der Waals surface area contributed by atoms with Crippen LogP contribution in [0.5, 0.6) is 0 Å². The van der Waals surface area contributed by atoms with E-state index in [2.05, 4.69) is 13.5 Å². The molecule has 0 heterocycles. The molecule has 0 fully saturated rings. The molecule has 0 aromatic carbocycles. The molecule has 0 nitrogen and oxygen atoms in total. The Hall–Kier alpha value is -0.330. The molecule has 0 amide bonds.